The lowest BCUT2D eigenvalue weighted by atomic mass is 10.2. The van der Waals surface area contributed by atoms with E-state index < -0.39 is 0 Å². The van der Waals surface area contributed by atoms with Gasteiger partial charge >= 0.3 is 0 Å². The Balaban J connectivity index is 4.73. The number of hydrogen-bond donors (Lipinski definition) is 1. The fourth-order valence-corrected chi connectivity index (χ4v) is 1.04. The smallest absolute Gasteiger partial charge is 0.0656 e. The van der Waals surface area contributed by atoms with Crippen LogP contribution in [0.3, 0.4) is 0 Å². The van der Waals surface area contributed by atoms with Gasteiger partial charge in [0.15, 0.2) is 0 Å². The number of nitrogens with two attached hydrogens (primary N) is 1. The number of rotatable bonds is 5. The van der Waals surface area contributed by atoms with Crippen LogP contribution in [0.4, 0.5) is 0 Å². The molecule has 0 heterocycles. The molecular formula is C10H18N2. The van der Waals surface area contributed by atoms with E-state index in [1.54, 1.807) is 0 Å². The molecule has 0 amide bonds. The molecule has 2 nitrogen and oxygen atoms in total. The maximum Gasteiger partial charge on any atom is 0.0656 e. The second-order valence-corrected chi connectivity index (χ2v) is 2.52. The maximum atomic E-state index is 5.56. The molecule has 0 radical (unpaired) electrons. The zero-order valence-electron chi connectivity index (χ0n) is 8.01. The SMILES string of the molecule is C=C/C(C)=C(\C=C)N(CC)CN. The third-order valence-electron chi connectivity index (χ3n) is 1.85. The van der Waals surface area contributed by atoms with E-state index >= 15 is 0 Å². The van der Waals surface area contributed by atoms with Gasteiger partial charge in [-0.15, -0.1) is 0 Å². The first-order valence-electron chi connectivity index (χ1n) is 4.12. The first-order chi connectivity index (χ1) is 5.71. The quantitative estimate of drug-likeness (QED) is 0.499. The first-order valence-corrected chi connectivity index (χ1v) is 4.12. The predicted octanol–water partition coefficient (Wildman–Crippen LogP) is 1.87. The largest absolute Gasteiger partial charge is 0.359 e. The molecule has 0 bridgehead atoms. The molecule has 68 valence electrons. The second-order valence-electron chi connectivity index (χ2n) is 2.52. The summed E-state index contributed by atoms with van der Waals surface area (Å²) in [5.74, 6) is 0. The van der Waals surface area contributed by atoms with E-state index in [0.29, 0.717) is 6.67 Å². The molecule has 0 aromatic heterocycles. The number of hydrogen-bond acceptors (Lipinski definition) is 2. The minimum absolute atomic E-state index is 0.517. The van der Waals surface area contributed by atoms with Crippen molar-refractivity contribution in [3.63, 3.8) is 0 Å². The van der Waals surface area contributed by atoms with Crippen molar-refractivity contribution in [1.82, 2.24) is 4.90 Å². The van der Waals surface area contributed by atoms with Gasteiger partial charge in [-0.25, -0.2) is 0 Å². The van der Waals surface area contributed by atoms with E-state index in [4.69, 9.17) is 5.73 Å². The summed E-state index contributed by atoms with van der Waals surface area (Å²) in [7, 11) is 0. The Morgan fingerprint density at radius 1 is 1.42 bits per heavy atom. The number of nitrogens with zero attached hydrogens (tertiary/aromatic N) is 1. The maximum absolute atomic E-state index is 5.56. The third kappa shape index (κ3) is 2.55. The molecule has 0 aliphatic carbocycles. The molecule has 0 spiro atoms. The molecule has 0 saturated heterocycles. The van der Waals surface area contributed by atoms with Crippen LogP contribution in [0.25, 0.3) is 0 Å². The molecule has 0 aromatic carbocycles. The van der Waals surface area contributed by atoms with Gasteiger partial charge in [0.25, 0.3) is 0 Å². The number of likely N-dealkylation sites (N-methyl/N-ethyl adjacent to an activating group) is 1. The van der Waals surface area contributed by atoms with Gasteiger partial charge in [-0.3, -0.25) is 0 Å². The van der Waals surface area contributed by atoms with Crippen LogP contribution in [0.5, 0.6) is 0 Å². The third-order valence-corrected chi connectivity index (χ3v) is 1.85. The van der Waals surface area contributed by atoms with Gasteiger partial charge in [0.05, 0.1) is 6.67 Å². The van der Waals surface area contributed by atoms with Crippen molar-refractivity contribution in [2.24, 2.45) is 5.73 Å². The minimum Gasteiger partial charge on any atom is -0.359 e. The van der Waals surface area contributed by atoms with Crippen molar-refractivity contribution >= 4 is 0 Å². The zero-order chi connectivity index (χ0) is 9.56. The topological polar surface area (TPSA) is 29.3 Å². The molecule has 0 atom stereocenters. The van der Waals surface area contributed by atoms with E-state index in [0.717, 1.165) is 17.8 Å². The molecule has 0 fully saturated rings. The van der Waals surface area contributed by atoms with Gasteiger partial charge in [0, 0.05) is 12.2 Å². The molecule has 2 N–H and O–H groups in total. The van der Waals surface area contributed by atoms with Gasteiger partial charge in [-0.1, -0.05) is 19.2 Å². The average molecular weight is 166 g/mol. The summed E-state index contributed by atoms with van der Waals surface area (Å²) in [6, 6.07) is 0. The highest BCUT2D eigenvalue weighted by Crippen LogP contribution is 2.10. The van der Waals surface area contributed by atoms with E-state index in [1.165, 1.54) is 0 Å². The number of allylic oxidation sites excluding steroid dienone is 3. The van der Waals surface area contributed by atoms with Gasteiger partial charge in [0.1, 0.15) is 0 Å². The Morgan fingerprint density at radius 2 is 2.00 bits per heavy atom. The normalized spacial score (nSPS) is 11.9. The molecule has 0 aliphatic heterocycles. The zero-order valence-corrected chi connectivity index (χ0v) is 8.01. The summed E-state index contributed by atoms with van der Waals surface area (Å²) in [5.41, 5.74) is 7.74. The summed E-state index contributed by atoms with van der Waals surface area (Å²) in [6.45, 7) is 12.9. The van der Waals surface area contributed by atoms with Crippen molar-refractivity contribution < 1.29 is 0 Å². The van der Waals surface area contributed by atoms with Crippen LogP contribution < -0.4 is 5.73 Å². The standard InChI is InChI=1S/C10H18N2/c1-5-9(4)10(6-2)12(7-3)8-11/h5-6H,1-2,7-8,11H2,3-4H3/b10-9+. The van der Waals surface area contributed by atoms with E-state index in [2.05, 4.69) is 20.1 Å². The van der Waals surface area contributed by atoms with Crippen LogP contribution >= 0.6 is 0 Å². The van der Waals surface area contributed by atoms with Crippen LogP contribution in [-0.2, 0) is 0 Å². The van der Waals surface area contributed by atoms with Crippen molar-refractivity contribution in [2.75, 3.05) is 13.2 Å². The van der Waals surface area contributed by atoms with Crippen LogP contribution in [0, 0.1) is 0 Å². The summed E-state index contributed by atoms with van der Waals surface area (Å²) >= 11 is 0. The molecule has 0 aromatic rings. The Labute approximate surface area is 75.1 Å². The highest BCUT2D eigenvalue weighted by molar-refractivity contribution is 5.28. The molecule has 2 heteroatoms. The molecule has 0 saturated carbocycles. The highest BCUT2D eigenvalue weighted by Gasteiger charge is 2.02. The molecule has 0 unspecified atom stereocenters. The monoisotopic (exact) mass is 166 g/mol. The Bertz CT molecular complexity index is 188. The van der Waals surface area contributed by atoms with Crippen LogP contribution in [-0.4, -0.2) is 18.1 Å². The van der Waals surface area contributed by atoms with Crippen molar-refractivity contribution in [2.45, 2.75) is 13.8 Å². The van der Waals surface area contributed by atoms with Crippen LogP contribution in [0.1, 0.15) is 13.8 Å². The van der Waals surface area contributed by atoms with Crippen molar-refractivity contribution in [3.05, 3.63) is 36.6 Å². The van der Waals surface area contributed by atoms with Crippen molar-refractivity contribution in [1.29, 1.82) is 0 Å². The van der Waals surface area contributed by atoms with E-state index in [-0.39, 0.29) is 0 Å². The fraction of sp³-hybridized carbons (Fsp3) is 0.400. The Morgan fingerprint density at radius 3 is 2.25 bits per heavy atom. The summed E-state index contributed by atoms with van der Waals surface area (Å²) in [5, 5.41) is 0. The lowest BCUT2D eigenvalue weighted by Gasteiger charge is -2.23. The lowest BCUT2D eigenvalue weighted by Crippen LogP contribution is -2.29. The van der Waals surface area contributed by atoms with Gasteiger partial charge in [-0.05, 0) is 25.5 Å². The first kappa shape index (κ1) is 11.0. The van der Waals surface area contributed by atoms with Crippen LogP contribution in [0.2, 0.25) is 0 Å². The molecule has 0 aliphatic rings. The molecule has 12 heavy (non-hydrogen) atoms. The fourth-order valence-electron chi connectivity index (χ4n) is 1.04. The molecular weight excluding hydrogens is 148 g/mol. The van der Waals surface area contributed by atoms with E-state index in [9.17, 15) is 0 Å². The summed E-state index contributed by atoms with van der Waals surface area (Å²) < 4.78 is 0. The second kappa shape index (κ2) is 5.61. The predicted molar refractivity (Wildman–Crippen MR) is 54.5 cm³/mol. The summed E-state index contributed by atoms with van der Waals surface area (Å²) in [4.78, 5) is 2.05. The van der Waals surface area contributed by atoms with Gasteiger partial charge in [0.2, 0.25) is 0 Å². The summed E-state index contributed by atoms with van der Waals surface area (Å²) in [6.07, 6.45) is 3.63. The lowest BCUT2D eigenvalue weighted by molar-refractivity contribution is 0.382. The average Bonchev–Trinajstić information content (AvgIpc) is 2.12. The van der Waals surface area contributed by atoms with Crippen molar-refractivity contribution in [3.8, 4) is 0 Å². The Hall–Kier alpha value is -1.02. The Kier molecular flexibility index (Phi) is 5.13. The minimum atomic E-state index is 0.517. The van der Waals surface area contributed by atoms with Crippen LogP contribution in [0.15, 0.2) is 36.6 Å². The van der Waals surface area contributed by atoms with Gasteiger partial charge < -0.3 is 10.6 Å². The molecule has 0 rings (SSSR count). The van der Waals surface area contributed by atoms with Gasteiger partial charge in [-0.2, -0.15) is 0 Å². The van der Waals surface area contributed by atoms with E-state index in [1.807, 2.05) is 24.0 Å². The highest BCUT2D eigenvalue weighted by atomic mass is 15.2.